The van der Waals surface area contributed by atoms with Gasteiger partial charge in [-0.2, -0.15) is 5.26 Å². The van der Waals surface area contributed by atoms with E-state index in [1.165, 1.54) is 17.9 Å². The molecule has 3 rings (SSSR count). The summed E-state index contributed by atoms with van der Waals surface area (Å²) in [6.07, 6.45) is 8.77. The van der Waals surface area contributed by atoms with Gasteiger partial charge in [0.05, 0.1) is 17.3 Å². The van der Waals surface area contributed by atoms with Crippen LogP contribution >= 0.6 is 0 Å². The summed E-state index contributed by atoms with van der Waals surface area (Å²) in [7, 11) is 1.56. The largest absolute Gasteiger partial charge is 0.361 e. The van der Waals surface area contributed by atoms with Gasteiger partial charge in [0.15, 0.2) is 12.0 Å². The summed E-state index contributed by atoms with van der Waals surface area (Å²) in [5.74, 6) is 1.38. The Morgan fingerprint density at radius 1 is 1.33 bits per heavy atom. The van der Waals surface area contributed by atoms with E-state index in [2.05, 4.69) is 21.6 Å². The summed E-state index contributed by atoms with van der Waals surface area (Å²) in [6, 6.07) is 0. The van der Waals surface area contributed by atoms with Crippen molar-refractivity contribution in [1.29, 1.82) is 5.26 Å². The van der Waals surface area contributed by atoms with Crippen LogP contribution in [0.3, 0.4) is 0 Å². The molecule has 0 aromatic carbocycles. The molecule has 0 unspecified atom stereocenters. The van der Waals surface area contributed by atoms with Gasteiger partial charge >= 0.3 is 0 Å². The summed E-state index contributed by atoms with van der Waals surface area (Å²) in [4.78, 5) is 16.2. The second-order valence-corrected chi connectivity index (χ2v) is 5.92. The van der Waals surface area contributed by atoms with Crippen molar-refractivity contribution in [2.75, 3.05) is 25.1 Å². The maximum atomic E-state index is 10.4. The molecule has 3 heterocycles. The van der Waals surface area contributed by atoms with Crippen LogP contribution in [0.25, 0.3) is 0 Å². The van der Waals surface area contributed by atoms with Crippen molar-refractivity contribution < 1.29 is 4.52 Å². The SMILES string of the molecule is CC.Cc1noc(C)c1CCn1cnc(N(C)N=O)c1.N#CN1CCCC1. The Hall–Kier alpha value is -2.89. The number of nitroso groups, excluding NO2 is 1. The highest BCUT2D eigenvalue weighted by Crippen LogP contribution is 2.15. The average Bonchev–Trinajstić information content (AvgIpc) is 3.44. The Morgan fingerprint density at radius 3 is 2.48 bits per heavy atom. The lowest BCUT2D eigenvalue weighted by molar-refractivity contribution is 0.392. The van der Waals surface area contributed by atoms with Crippen LogP contribution in [0.1, 0.15) is 43.7 Å². The van der Waals surface area contributed by atoms with E-state index in [9.17, 15) is 4.91 Å². The molecule has 9 nitrogen and oxygen atoms in total. The zero-order valence-electron chi connectivity index (χ0n) is 16.8. The van der Waals surface area contributed by atoms with E-state index in [0.717, 1.165) is 43.1 Å². The van der Waals surface area contributed by atoms with E-state index < -0.39 is 0 Å². The molecule has 2 aromatic heterocycles. The Kier molecular flexibility index (Phi) is 9.58. The first-order valence-corrected chi connectivity index (χ1v) is 9.20. The van der Waals surface area contributed by atoms with Crippen molar-refractivity contribution in [3.05, 3.63) is 34.4 Å². The van der Waals surface area contributed by atoms with Crippen molar-refractivity contribution in [2.45, 2.75) is 53.5 Å². The molecule has 1 fully saturated rings. The van der Waals surface area contributed by atoms with Gasteiger partial charge in [0.1, 0.15) is 5.76 Å². The third kappa shape index (κ3) is 6.73. The molecule has 0 radical (unpaired) electrons. The Balaban J connectivity index is 0.000000338. The van der Waals surface area contributed by atoms with Crippen LogP contribution in [0.2, 0.25) is 0 Å². The van der Waals surface area contributed by atoms with E-state index in [1.807, 2.05) is 32.3 Å². The van der Waals surface area contributed by atoms with Gasteiger partial charge in [0.25, 0.3) is 0 Å². The number of aryl methyl sites for hydroxylation is 3. The standard InChI is InChI=1S/C11H15N5O2.C5H8N2.C2H6/c1-8-10(9(2)18-13-8)4-5-16-6-11(12-7-16)15(3)14-17;6-5-7-3-1-2-4-7;1-2/h6-7H,4-5H2,1-3H3;1-4H2;1-2H3. The third-order valence-electron chi connectivity index (χ3n) is 4.12. The first-order chi connectivity index (χ1) is 13.0. The second kappa shape index (κ2) is 11.7. The van der Waals surface area contributed by atoms with Gasteiger partial charge in [-0.3, -0.25) is 0 Å². The molecule has 148 valence electrons. The number of anilines is 1. The first kappa shape index (κ1) is 22.2. The highest BCUT2D eigenvalue weighted by molar-refractivity contribution is 5.33. The van der Waals surface area contributed by atoms with Gasteiger partial charge in [-0.1, -0.05) is 19.0 Å². The summed E-state index contributed by atoms with van der Waals surface area (Å²) in [5.41, 5.74) is 2.03. The molecule has 0 atom stereocenters. The van der Waals surface area contributed by atoms with Gasteiger partial charge in [-0.05, 0) is 33.1 Å². The number of likely N-dealkylation sites (tertiary alicyclic amines) is 1. The minimum absolute atomic E-state index is 0.531. The van der Waals surface area contributed by atoms with Crippen LogP contribution in [-0.2, 0) is 13.0 Å². The summed E-state index contributed by atoms with van der Waals surface area (Å²) in [6.45, 7) is 10.5. The molecule has 0 amide bonds. The minimum Gasteiger partial charge on any atom is -0.361 e. The molecule has 0 saturated carbocycles. The van der Waals surface area contributed by atoms with Crippen molar-refractivity contribution in [3.8, 4) is 6.19 Å². The van der Waals surface area contributed by atoms with E-state index in [0.29, 0.717) is 5.82 Å². The number of aromatic nitrogens is 3. The van der Waals surface area contributed by atoms with E-state index in [4.69, 9.17) is 9.78 Å². The molecule has 1 saturated heterocycles. The third-order valence-corrected chi connectivity index (χ3v) is 4.12. The highest BCUT2D eigenvalue weighted by Gasteiger charge is 2.10. The molecule has 9 heteroatoms. The van der Waals surface area contributed by atoms with Crippen LogP contribution in [0.4, 0.5) is 5.82 Å². The quantitative estimate of drug-likeness (QED) is 0.448. The monoisotopic (exact) mass is 375 g/mol. The number of hydrogen-bond acceptors (Lipinski definition) is 7. The number of rotatable bonds is 5. The smallest absolute Gasteiger partial charge is 0.179 e. The second-order valence-electron chi connectivity index (χ2n) is 5.92. The molecule has 0 bridgehead atoms. The van der Waals surface area contributed by atoms with Crippen LogP contribution in [0.15, 0.2) is 22.3 Å². The molecule has 27 heavy (non-hydrogen) atoms. The fraction of sp³-hybridized carbons (Fsp3) is 0.611. The molecule has 0 aliphatic carbocycles. The van der Waals surface area contributed by atoms with Crippen molar-refractivity contribution in [1.82, 2.24) is 19.6 Å². The van der Waals surface area contributed by atoms with Crippen LogP contribution in [0.5, 0.6) is 0 Å². The van der Waals surface area contributed by atoms with E-state index >= 15 is 0 Å². The zero-order chi connectivity index (χ0) is 20.2. The van der Waals surface area contributed by atoms with E-state index in [1.54, 1.807) is 24.5 Å². The summed E-state index contributed by atoms with van der Waals surface area (Å²) >= 11 is 0. The molecular formula is C18H29N7O2. The van der Waals surface area contributed by atoms with Gasteiger partial charge in [-0.15, -0.1) is 4.91 Å². The fourth-order valence-corrected chi connectivity index (χ4v) is 2.60. The van der Waals surface area contributed by atoms with Crippen molar-refractivity contribution >= 4 is 5.82 Å². The normalized spacial score (nSPS) is 12.4. The summed E-state index contributed by atoms with van der Waals surface area (Å²) < 4.78 is 7.01. The Bertz CT molecular complexity index is 707. The van der Waals surface area contributed by atoms with Crippen molar-refractivity contribution in [3.63, 3.8) is 0 Å². The molecule has 2 aromatic rings. The predicted molar refractivity (Wildman–Crippen MR) is 104 cm³/mol. The lowest BCUT2D eigenvalue weighted by Gasteiger charge is -2.03. The number of imidazole rings is 1. The highest BCUT2D eigenvalue weighted by atomic mass is 16.5. The topological polar surface area (TPSA) is 104 Å². The predicted octanol–water partition coefficient (Wildman–Crippen LogP) is 3.44. The fourth-order valence-electron chi connectivity index (χ4n) is 2.60. The molecule has 0 spiro atoms. The van der Waals surface area contributed by atoms with Crippen LogP contribution in [0, 0.1) is 30.2 Å². The number of nitriles is 1. The van der Waals surface area contributed by atoms with Gasteiger partial charge in [-0.25, -0.2) is 9.99 Å². The first-order valence-electron chi connectivity index (χ1n) is 9.20. The maximum Gasteiger partial charge on any atom is 0.179 e. The molecular weight excluding hydrogens is 346 g/mol. The number of hydrogen-bond donors (Lipinski definition) is 0. The van der Waals surface area contributed by atoms with Gasteiger partial charge < -0.3 is 14.0 Å². The van der Waals surface area contributed by atoms with E-state index in [-0.39, 0.29) is 0 Å². The number of nitrogens with zero attached hydrogens (tertiary/aromatic N) is 7. The maximum absolute atomic E-state index is 10.4. The van der Waals surface area contributed by atoms with Crippen LogP contribution in [-0.4, -0.2) is 39.7 Å². The van der Waals surface area contributed by atoms with Gasteiger partial charge in [0, 0.05) is 38.4 Å². The molecule has 0 N–H and O–H groups in total. The zero-order valence-corrected chi connectivity index (χ0v) is 16.8. The lowest BCUT2D eigenvalue weighted by atomic mass is 10.1. The van der Waals surface area contributed by atoms with Crippen LogP contribution < -0.4 is 5.01 Å². The average molecular weight is 375 g/mol. The Morgan fingerprint density at radius 2 is 2.00 bits per heavy atom. The lowest BCUT2D eigenvalue weighted by Crippen LogP contribution is -2.10. The van der Waals surface area contributed by atoms with Gasteiger partial charge in [0.2, 0.25) is 0 Å². The summed E-state index contributed by atoms with van der Waals surface area (Å²) in [5, 5.41) is 16.1. The van der Waals surface area contributed by atoms with Crippen molar-refractivity contribution in [2.24, 2.45) is 5.29 Å². The molecule has 1 aliphatic rings. The molecule has 1 aliphatic heterocycles. The Labute approximate surface area is 160 Å². The minimum atomic E-state index is 0.531.